The van der Waals surface area contributed by atoms with Crippen LogP contribution in [-0.2, 0) is 28.8 Å². The normalized spacial score (nSPS) is 14.9. The fourth-order valence-corrected chi connectivity index (χ4v) is 3.47. The zero-order chi connectivity index (χ0) is 23.6. The number of rotatable bonds is 18. The van der Waals surface area contributed by atoms with Gasteiger partial charge in [-0.2, -0.15) is 0 Å². The van der Waals surface area contributed by atoms with Gasteiger partial charge in [-0.05, 0) is 39.0 Å². The molecule has 7 nitrogen and oxygen atoms in total. The number of esters is 1. The largest absolute Gasteiger partial charge is 0.451 e. The summed E-state index contributed by atoms with van der Waals surface area (Å²) < 4.78 is 5.04. The van der Waals surface area contributed by atoms with Crippen LogP contribution in [0.5, 0.6) is 0 Å². The van der Waals surface area contributed by atoms with Crippen LogP contribution in [0.2, 0.25) is 0 Å². The molecule has 0 unspecified atom stereocenters. The van der Waals surface area contributed by atoms with Crippen molar-refractivity contribution in [3.05, 3.63) is 12.2 Å². The third-order valence-corrected chi connectivity index (χ3v) is 5.47. The van der Waals surface area contributed by atoms with Crippen LogP contribution < -0.4 is 0 Å². The zero-order valence-corrected chi connectivity index (χ0v) is 19.9. The fourth-order valence-electron chi connectivity index (χ4n) is 3.47. The highest BCUT2D eigenvalue weighted by Gasteiger charge is 2.34. The van der Waals surface area contributed by atoms with Gasteiger partial charge in [0.05, 0.1) is 0 Å². The molecule has 1 heterocycles. The molecule has 0 N–H and O–H groups in total. The number of hydrogen-bond acceptors (Lipinski definition) is 6. The minimum Gasteiger partial charge on any atom is -0.451 e. The summed E-state index contributed by atoms with van der Waals surface area (Å²) in [5, 5.41) is 0.455. The van der Waals surface area contributed by atoms with Crippen LogP contribution in [0.4, 0.5) is 0 Å². The number of ether oxygens (including phenoxy) is 1. The average Bonchev–Trinajstić information content (AvgIpc) is 3.08. The SMILES string of the molecule is CCCCCCCC/C=C/CCCCCCCC(=O)O[C@@H](C)C(=O)ON1C(=O)CCC1=O. The molecule has 0 radical (unpaired) electrons. The molecule has 0 aromatic carbocycles. The number of unbranched alkanes of at least 4 members (excludes halogenated alkanes) is 11. The van der Waals surface area contributed by atoms with E-state index in [1.54, 1.807) is 0 Å². The maximum absolute atomic E-state index is 11.9. The molecule has 32 heavy (non-hydrogen) atoms. The first-order valence-corrected chi connectivity index (χ1v) is 12.4. The van der Waals surface area contributed by atoms with Gasteiger partial charge in [0.1, 0.15) is 0 Å². The lowest BCUT2D eigenvalue weighted by molar-refractivity contribution is -0.205. The van der Waals surface area contributed by atoms with Gasteiger partial charge in [-0.1, -0.05) is 70.4 Å². The van der Waals surface area contributed by atoms with E-state index in [2.05, 4.69) is 19.1 Å². The Bertz CT molecular complexity index is 600. The number of hydrogen-bond donors (Lipinski definition) is 0. The molecule has 7 heteroatoms. The Hall–Kier alpha value is -2.18. The molecule has 1 aliphatic heterocycles. The summed E-state index contributed by atoms with van der Waals surface area (Å²) in [6.07, 6.45) is 19.0. The molecule has 0 aliphatic carbocycles. The number of allylic oxidation sites excluding steroid dienone is 2. The van der Waals surface area contributed by atoms with E-state index in [9.17, 15) is 19.2 Å². The van der Waals surface area contributed by atoms with Crippen molar-refractivity contribution in [1.29, 1.82) is 0 Å². The van der Waals surface area contributed by atoms with E-state index in [0.717, 1.165) is 32.1 Å². The molecule has 1 atom stereocenters. The lowest BCUT2D eigenvalue weighted by atomic mass is 10.1. The first kappa shape index (κ1) is 27.9. The Labute approximate surface area is 192 Å². The van der Waals surface area contributed by atoms with Crippen LogP contribution in [0.15, 0.2) is 12.2 Å². The van der Waals surface area contributed by atoms with Gasteiger partial charge in [-0.25, -0.2) is 4.79 Å². The Morgan fingerprint density at radius 3 is 1.91 bits per heavy atom. The third kappa shape index (κ3) is 12.6. The maximum Gasteiger partial charge on any atom is 0.373 e. The van der Waals surface area contributed by atoms with Crippen LogP contribution in [-0.4, -0.2) is 34.9 Å². The number of imide groups is 1. The van der Waals surface area contributed by atoms with E-state index < -0.39 is 29.9 Å². The summed E-state index contributed by atoms with van der Waals surface area (Å²) in [7, 11) is 0. The Morgan fingerprint density at radius 2 is 1.34 bits per heavy atom. The van der Waals surface area contributed by atoms with Gasteiger partial charge in [-0.3, -0.25) is 14.4 Å². The molecular weight excluding hydrogens is 410 g/mol. The summed E-state index contributed by atoms with van der Waals surface area (Å²) in [5.41, 5.74) is 0. The minimum atomic E-state index is -1.16. The summed E-state index contributed by atoms with van der Waals surface area (Å²) in [6.45, 7) is 3.61. The Morgan fingerprint density at radius 1 is 0.844 bits per heavy atom. The van der Waals surface area contributed by atoms with Gasteiger partial charge >= 0.3 is 11.9 Å². The summed E-state index contributed by atoms with van der Waals surface area (Å²) in [4.78, 5) is 51.4. The van der Waals surface area contributed by atoms with E-state index in [4.69, 9.17) is 9.57 Å². The van der Waals surface area contributed by atoms with Crippen molar-refractivity contribution in [3.63, 3.8) is 0 Å². The van der Waals surface area contributed by atoms with Gasteiger partial charge < -0.3 is 9.57 Å². The third-order valence-electron chi connectivity index (χ3n) is 5.47. The highest BCUT2D eigenvalue weighted by atomic mass is 16.7. The van der Waals surface area contributed by atoms with Gasteiger partial charge in [0, 0.05) is 19.3 Å². The maximum atomic E-state index is 11.9. The van der Waals surface area contributed by atoms with Crippen molar-refractivity contribution < 1.29 is 28.8 Å². The monoisotopic (exact) mass is 451 g/mol. The van der Waals surface area contributed by atoms with Gasteiger partial charge in [0.15, 0.2) is 6.10 Å². The molecule has 1 aliphatic rings. The van der Waals surface area contributed by atoms with Crippen LogP contribution in [0.3, 0.4) is 0 Å². The van der Waals surface area contributed by atoms with Crippen LogP contribution >= 0.6 is 0 Å². The van der Waals surface area contributed by atoms with Crippen LogP contribution in [0.1, 0.15) is 117 Å². The predicted molar refractivity (Wildman–Crippen MR) is 122 cm³/mol. The smallest absolute Gasteiger partial charge is 0.373 e. The summed E-state index contributed by atoms with van der Waals surface area (Å²) in [5.74, 6) is -2.53. The lowest BCUT2D eigenvalue weighted by Crippen LogP contribution is -2.37. The van der Waals surface area contributed by atoms with Gasteiger partial charge in [0.2, 0.25) is 0 Å². The second-order valence-electron chi connectivity index (χ2n) is 8.46. The highest BCUT2D eigenvalue weighted by Crippen LogP contribution is 2.14. The van der Waals surface area contributed by atoms with E-state index >= 15 is 0 Å². The van der Waals surface area contributed by atoms with Gasteiger partial charge in [-0.15, -0.1) is 5.06 Å². The molecule has 0 aromatic heterocycles. The van der Waals surface area contributed by atoms with Crippen molar-refractivity contribution >= 4 is 23.8 Å². The van der Waals surface area contributed by atoms with E-state index in [0.29, 0.717) is 11.5 Å². The zero-order valence-electron chi connectivity index (χ0n) is 19.9. The molecule has 0 aromatic rings. The molecule has 0 bridgehead atoms. The predicted octanol–water partition coefficient (Wildman–Crippen LogP) is 5.56. The minimum absolute atomic E-state index is 0.0236. The standard InChI is InChI=1S/C25H41NO6/c1-3-4-5-6-7-8-9-10-11-12-13-14-15-16-17-18-24(29)31-21(2)25(30)32-26-22(27)19-20-23(26)28/h10-11,21H,3-9,12-20H2,1-2H3/b11-10+/t21-/m0/s1. The summed E-state index contributed by atoms with van der Waals surface area (Å²) in [6, 6.07) is 0. The van der Waals surface area contributed by atoms with E-state index in [1.165, 1.54) is 51.9 Å². The molecule has 2 amide bonds. The molecule has 1 saturated heterocycles. The van der Waals surface area contributed by atoms with Gasteiger partial charge in [0.25, 0.3) is 11.8 Å². The first-order valence-electron chi connectivity index (χ1n) is 12.4. The number of nitrogens with zero attached hydrogens (tertiary/aromatic N) is 1. The van der Waals surface area contributed by atoms with E-state index in [1.807, 2.05) is 0 Å². The fraction of sp³-hybridized carbons (Fsp3) is 0.760. The Balaban J connectivity index is 1.96. The Kier molecular flexibility index (Phi) is 15.1. The van der Waals surface area contributed by atoms with Crippen molar-refractivity contribution in [1.82, 2.24) is 5.06 Å². The lowest BCUT2D eigenvalue weighted by Gasteiger charge is -2.16. The number of hydroxylamine groups is 2. The summed E-state index contributed by atoms with van der Waals surface area (Å²) >= 11 is 0. The molecule has 182 valence electrons. The second kappa shape index (κ2) is 17.4. The second-order valence-corrected chi connectivity index (χ2v) is 8.46. The first-order chi connectivity index (χ1) is 15.5. The van der Waals surface area contributed by atoms with Crippen molar-refractivity contribution in [3.8, 4) is 0 Å². The molecule has 1 fully saturated rings. The number of amides is 2. The topological polar surface area (TPSA) is 90.0 Å². The van der Waals surface area contributed by atoms with Crippen LogP contribution in [0.25, 0.3) is 0 Å². The quantitative estimate of drug-likeness (QED) is 0.117. The average molecular weight is 452 g/mol. The van der Waals surface area contributed by atoms with Crippen molar-refractivity contribution in [2.45, 2.75) is 123 Å². The van der Waals surface area contributed by atoms with Crippen molar-refractivity contribution in [2.24, 2.45) is 0 Å². The molecule has 0 saturated carbocycles. The highest BCUT2D eigenvalue weighted by molar-refractivity contribution is 6.01. The molecule has 1 rings (SSSR count). The molecular formula is C25H41NO6. The number of carbonyl (C=O) groups excluding carboxylic acids is 4. The van der Waals surface area contributed by atoms with Crippen LogP contribution in [0, 0.1) is 0 Å². The number of carbonyl (C=O) groups is 4. The molecule has 0 spiro atoms. The van der Waals surface area contributed by atoms with Crippen molar-refractivity contribution in [2.75, 3.05) is 0 Å². The van der Waals surface area contributed by atoms with E-state index in [-0.39, 0.29) is 19.3 Å².